The molecular weight excluding hydrogens is 354 g/mol. The normalized spacial score (nSPS) is 10.7. The Kier molecular flexibility index (Phi) is 4.72. The quantitative estimate of drug-likeness (QED) is 0.481. The van der Waals surface area contributed by atoms with E-state index in [0.717, 1.165) is 27.6 Å². The van der Waals surface area contributed by atoms with Gasteiger partial charge in [0.2, 0.25) is 0 Å². The fraction of sp³-hybridized carbons (Fsp3) is 0.158. The van der Waals surface area contributed by atoms with E-state index < -0.39 is 0 Å². The summed E-state index contributed by atoms with van der Waals surface area (Å²) in [4.78, 5) is 17.0. The first-order valence-electron chi connectivity index (χ1n) is 7.46. The molecule has 3 aromatic rings. The van der Waals surface area contributed by atoms with Gasteiger partial charge in [0.05, 0.1) is 12.3 Å². The van der Waals surface area contributed by atoms with Crippen LogP contribution >= 0.6 is 15.9 Å². The second-order valence-electron chi connectivity index (χ2n) is 5.05. The fourth-order valence-corrected chi connectivity index (χ4v) is 3.21. The van der Waals surface area contributed by atoms with Gasteiger partial charge in [-0.15, -0.1) is 0 Å². The number of aromatic nitrogens is 1. The van der Waals surface area contributed by atoms with Crippen LogP contribution in [-0.4, -0.2) is 17.6 Å². The molecule has 0 amide bonds. The summed E-state index contributed by atoms with van der Waals surface area (Å²) in [7, 11) is 0. The Bertz CT molecular complexity index is 847. The van der Waals surface area contributed by atoms with Gasteiger partial charge in [0, 0.05) is 21.8 Å². The zero-order valence-corrected chi connectivity index (χ0v) is 14.3. The van der Waals surface area contributed by atoms with Crippen molar-refractivity contribution < 1.29 is 9.53 Å². The number of fused-ring (bicyclic) bond motifs is 1. The van der Waals surface area contributed by atoms with Crippen LogP contribution < -0.4 is 0 Å². The number of carbonyl (C=O) groups is 1. The van der Waals surface area contributed by atoms with Crippen molar-refractivity contribution in [2.75, 3.05) is 6.61 Å². The average Bonchev–Trinajstić information content (AvgIpc) is 2.61. The number of esters is 1. The molecule has 0 aliphatic carbocycles. The van der Waals surface area contributed by atoms with Gasteiger partial charge in [0.15, 0.2) is 5.69 Å². The first-order valence-corrected chi connectivity index (χ1v) is 8.58. The monoisotopic (exact) mass is 369 g/mol. The Hall–Kier alpha value is -2.20. The molecule has 0 unspecified atom stereocenters. The first-order chi connectivity index (χ1) is 11.3. The number of nitrogens with zero attached hydrogens (tertiary/aromatic N) is 1. The molecule has 4 heteroatoms. The van der Waals surface area contributed by atoms with E-state index >= 15 is 0 Å². The molecule has 0 radical (unpaired) electrons. The maximum Gasteiger partial charge on any atom is 0.357 e. The van der Waals surface area contributed by atoms with E-state index in [9.17, 15) is 4.79 Å². The van der Waals surface area contributed by atoms with Gasteiger partial charge in [-0.1, -0.05) is 70.5 Å². The lowest BCUT2D eigenvalue weighted by Crippen LogP contribution is -2.11. The zero-order chi connectivity index (χ0) is 16.2. The van der Waals surface area contributed by atoms with E-state index in [-0.39, 0.29) is 5.97 Å². The van der Waals surface area contributed by atoms with Gasteiger partial charge < -0.3 is 4.74 Å². The molecule has 2 aromatic carbocycles. The van der Waals surface area contributed by atoms with Crippen LogP contribution in [0.4, 0.5) is 0 Å². The molecular formula is C19H16BrNO2. The number of rotatable bonds is 4. The third-order valence-corrected chi connectivity index (χ3v) is 4.23. The van der Waals surface area contributed by atoms with E-state index in [1.165, 1.54) is 0 Å². The molecule has 0 bridgehead atoms. The van der Waals surface area contributed by atoms with E-state index in [0.29, 0.717) is 17.6 Å². The highest BCUT2D eigenvalue weighted by Crippen LogP contribution is 2.32. The van der Waals surface area contributed by atoms with Gasteiger partial charge >= 0.3 is 5.97 Å². The maximum absolute atomic E-state index is 12.3. The Morgan fingerprint density at radius 1 is 1.04 bits per heavy atom. The standard InChI is InChI=1S/C19H16BrNO2/c1-2-23-19(22)18-16(12-20)14-10-6-7-11-15(14)17(21-18)13-8-4-3-5-9-13/h3-11H,2,12H2,1H3. The van der Waals surface area contributed by atoms with Gasteiger partial charge in [-0.2, -0.15) is 0 Å². The summed E-state index contributed by atoms with van der Waals surface area (Å²) in [6.07, 6.45) is 0. The first kappa shape index (κ1) is 15.7. The third-order valence-electron chi connectivity index (χ3n) is 3.67. The number of carbonyl (C=O) groups excluding carboxylic acids is 1. The van der Waals surface area contributed by atoms with Crippen LogP contribution in [0.3, 0.4) is 0 Å². The van der Waals surface area contributed by atoms with Crippen molar-refractivity contribution in [3.63, 3.8) is 0 Å². The van der Waals surface area contributed by atoms with Crippen LogP contribution in [-0.2, 0) is 10.1 Å². The predicted molar refractivity (Wildman–Crippen MR) is 95.8 cm³/mol. The molecule has 1 heterocycles. The second-order valence-corrected chi connectivity index (χ2v) is 5.61. The van der Waals surface area contributed by atoms with E-state index in [1.807, 2.05) is 54.6 Å². The number of hydrogen-bond donors (Lipinski definition) is 0. The maximum atomic E-state index is 12.3. The van der Waals surface area contributed by atoms with Crippen molar-refractivity contribution in [1.82, 2.24) is 4.98 Å². The van der Waals surface area contributed by atoms with Gasteiger partial charge in [-0.05, 0) is 12.3 Å². The molecule has 0 saturated heterocycles. The smallest absolute Gasteiger partial charge is 0.357 e. The molecule has 3 rings (SSSR count). The van der Waals surface area contributed by atoms with E-state index in [4.69, 9.17) is 4.74 Å². The van der Waals surface area contributed by atoms with Crippen molar-refractivity contribution in [1.29, 1.82) is 0 Å². The highest BCUT2D eigenvalue weighted by atomic mass is 79.9. The summed E-state index contributed by atoms with van der Waals surface area (Å²) < 4.78 is 5.19. The molecule has 23 heavy (non-hydrogen) atoms. The Morgan fingerprint density at radius 2 is 1.70 bits per heavy atom. The molecule has 3 nitrogen and oxygen atoms in total. The van der Waals surface area contributed by atoms with Crippen LogP contribution in [0.1, 0.15) is 23.0 Å². The minimum atomic E-state index is -0.384. The SMILES string of the molecule is CCOC(=O)c1nc(-c2ccccc2)c2ccccc2c1CBr. The van der Waals surface area contributed by atoms with Gasteiger partial charge in [0.25, 0.3) is 0 Å². The van der Waals surface area contributed by atoms with Crippen molar-refractivity contribution >= 4 is 32.7 Å². The van der Waals surface area contributed by atoms with Crippen molar-refractivity contribution in [2.24, 2.45) is 0 Å². The number of halogens is 1. The predicted octanol–water partition coefficient (Wildman–Crippen LogP) is 4.97. The zero-order valence-electron chi connectivity index (χ0n) is 12.8. The van der Waals surface area contributed by atoms with Crippen molar-refractivity contribution in [3.05, 3.63) is 65.9 Å². The lowest BCUT2D eigenvalue weighted by atomic mass is 9.99. The number of alkyl halides is 1. The van der Waals surface area contributed by atoms with E-state index in [1.54, 1.807) is 6.92 Å². The molecule has 0 aliphatic heterocycles. The number of hydrogen-bond acceptors (Lipinski definition) is 3. The highest BCUT2D eigenvalue weighted by molar-refractivity contribution is 9.08. The molecule has 0 fully saturated rings. The van der Waals surface area contributed by atoms with Gasteiger partial charge in [0.1, 0.15) is 0 Å². The molecule has 116 valence electrons. The largest absolute Gasteiger partial charge is 0.461 e. The Morgan fingerprint density at radius 3 is 2.35 bits per heavy atom. The van der Waals surface area contributed by atoms with Crippen LogP contribution in [0.2, 0.25) is 0 Å². The Labute approximate surface area is 143 Å². The van der Waals surface area contributed by atoms with Gasteiger partial charge in [-0.25, -0.2) is 9.78 Å². The summed E-state index contributed by atoms with van der Waals surface area (Å²) in [6.45, 7) is 2.13. The van der Waals surface area contributed by atoms with Gasteiger partial charge in [-0.3, -0.25) is 0 Å². The molecule has 0 saturated carbocycles. The second kappa shape index (κ2) is 6.92. The topological polar surface area (TPSA) is 39.2 Å². The average molecular weight is 370 g/mol. The molecule has 0 N–H and O–H groups in total. The van der Waals surface area contributed by atoms with Crippen molar-refractivity contribution in [3.8, 4) is 11.3 Å². The van der Waals surface area contributed by atoms with Crippen LogP contribution in [0, 0.1) is 0 Å². The minimum Gasteiger partial charge on any atom is -0.461 e. The molecule has 0 aliphatic rings. The van der Waals surface area contributed by atoms with Crippen LogP contribution in [0.25, 0.3) is 22.0 Å². The number of pyridine rings is 1. The molecule has 1 aromatic heterocycles. The number of ether oxygens (including phenoxy) is 1. The summed E-state index contributed by atoms with van der Waals surface area (Å²) >= 11 is 3.48. The lowest BCUT2D eigenvalue weighted by Gasteiger charge is -2.14. The van der Waals surface area contributed by atoms with Crippen LogP contribution in [0.15, 0.2) is 54.6 Å². The van der Waals surface area contributed by atoms with E-state index in [2.05, 4.69) is 20.9 Å². The third kappa shape index (κ3) is 2.99. The molecule has 0 spiro atoms. The summed E-state index contributed by atoms with van der Waals surface area (Å²) in [6, 6.07) is 17.9. The van der Waals surface area contributed by atoms with Crippen LogP contribution in [0.5, 0.6) is 0 Å². The number of benzene rings is 2. The highest BCUT2D eigenvalue weighted by Gasteiger charge is 2.20. The fourth-order valence-electron chi connectivity index (χ4n) is 2.64. The minimum absolute atomic E-state index is 0.329. The lowest BCUT2D eigenvalue weighted by molar-refractivity contribution is 0.0519. The summed E-state index contributed by atoms with van der Waals surface area (Å²) in [5.41, 5.74) is 3.02. The van der Waals surface area contributed by atoms with Crippen molar-refractivity contribution in [2.45, 2.75) is 12.3 Å². The molecule has 0 atom stereocenters. The Balaban J connectivity index is 2.34. The summed E-state index contributed by atoms with van der Waals surface area (Å²) in [5, 5.41) is 2.59. The summed E-state index contributed by atoms with van der Waals surface area (Å²) in [5.74, 6) is -0.384.